The van der Waals surface area contributed by atoms with Crippen LogP contribution in [0.3, 0.4) is 0 Å². The van der Waals surface area contributed by atoms with Gasteiger partial charge in [0.1, 0.15) is 0 Å². The lowest BCUT2D eigenvalue weighted by atomic mass is 10.1. The van der Waals surface area contributed by atoms with Gasteiger partial charge in [-0.3, -0.25) is 0 Å². The third-order valence-electron chi connectivity index (χ3n) is 1.39. The molecule has 70 valence electrons. The van der Waals surface area contributed by atoms with E-state index in [0.717, 1.165) is 32.8 Å². The minimum atomic E-state index is 0.275. The van der Waals surface area contributed by atoms with E-state index in [-0.39, 0.29) is 6.61 Å². The highest BCUT2D eigenvalue weighted by Crippen LogP contribution is 2.00. The van der Waals surface area contributed by atoms with E-state index in [1.807, 2.05) is 0 Å². The Morgan fingerprint density at radius 2 is 1.82 bits per heavy atom. The maximum Gasteiger partial charge on any atom is 0.0431 e. The van der Waals surface area contributed by atoms with Crippen molar-refractivity contribution in [3.05, 3.63) is 0 Å². The van der Waals surface area contributed by atoms with E-state index in [0.29, 0.717) is 6.04 Å². The fourth-order valence-corrected chi connectivity index (χ4v) is 0.869. The molecule has 0 aromatic heterocycles. The molecule has 4 N–H and O–H groups in total. The summed E-state index contributed by atoms with van der Waals surface area (Å²) in [4.78, 5) is 0. The maximum absolute atomic E-state index is 8.43. The van der Waals surface area contributed by atoms with Crippen LogP contribution in [0.1, 0.15) is 32.6 Å². The molecule has 3 heteroatoms. The van der Waals surface area contributed by atoms with E-state index in [1.54, 1.807) is 0 Å². The van der Waals surface area contributed by atoms with Crippen molar-refractivity contribution in [1.82, 2.24) is 0 Å². The molecule has 0 heterocycles. The second kappa shape index (κ2) is 12.5. The molecule has 0 saturated heterocycles. The van der Waals surface area contributed by atoms with Crippen LogP contribution in [-0.2, 0) is 0 Å². The summed E-state index contributed by atoms with van der Waals surface area (Å²) in [5.41, 5.74) is 5.66. The van der Waals surface area contributed by atoms with Gasteiger partial charge < -0.3 is 15.9 Å². The first-order chi connectivity index (χ1) is 5.31. The van der Waals surface area contributed by atoms with E-state index < -0.39 is 0 Å². The Balaban J connectivity index is 0. The average Bonchev–Trinajstić information content (AvgIpc) is 2.05. The smallest absolute Gasteiger partial charge is 0.0431 e. The fourth-order valence-electron chi connectivity index (χ4n) is 0.869. The van der Waals surface area contributed by atoms with Crippen LogP contribution in [0.5, 0.6) is 0 Å². The summed E-state index contributed by atoms with van der Waals surface area (Å²) in [6.45, 7) is 2.40. The zero-order valence-electron chi connectivity index (χ0n) is 7.58. The van der Waals surface area contributed by atoms with Gasteiger partial charge in [-0.05, 0) is 19.3 Å². The molecule has 0 spiro atoms. The van der Waals surface area contributed by atoms with Crippen molar-refractivity contribution in [1.29, 1.82) is 0 Å². The van der Waals surface area contributed by atoms with Crippen molar-refractivity contribution in [3.63, 3.8) is 0 Å². The zero-order valence-corrected chi connectivity index (χ0v) is 7.58. The average molecular weight is 163 g/mol. The van der Waals surface area contributed by atoms with Gasteiger partial charge in [-0.2, -0.15) is 0 Å². The van der Waals surface area contributed by atoms with Gasteiger partial charge in [-0.15, -0.1) is 0 Å². The topological polar surface area (TPSA) is 66.5 Å². The van der Waals surface area contributed by atoms with Crippen molar-refractivity contribution < 1.29 is 10.2 Å². The fraction of sp³-hybridized carbons (Fsp3) is 1.00. The molecule has 11 heavy (non-hydrogen) atoms. The SMILES string of the molecule is CCCC(N)CCCO.CO. The number of aliphatic hydroxyl groups is 2. The summed E-state index contributed by atoms with van der Waals surface area (Å²) in [6, 6.07) is 0.308. The molecular formula is C8H21NO2. The van der Waals surface area contributed by atoms with Crippen LogP contribution in [0.4, 0.5) is 0 Å². The summed E-state index contributed by atoms with van der Waals surface area (Å²) >= 11 is 0. The van der Waals surface area contributed by atoms with Crippen molar-refractivity contribution in [3.8, 4) is 0 Å². The van der Waals surface area contributed by atoms with E-state index in [1.165, 1.54) is 0 Å². The molecule has 0 aromatic carbocycles. The molecule has 0 amide bonds. The quantitative estimate of drug-likeness (QED) is 0.552. The van der Waals surface area contributed by atoms with Gasteiger partial charge in [0.15, 0.2) is 0 Å². The summed E-state index contributed by atoms with van der Waals surface area (Å²) in [5.74, 6) is 0. The molecule has 3 nitrogen and oxygen atoms in total. The molecule has 0 saturated carbocycles. The van der Waals surface area contributed by atoms with Gasteiger partial charge in [-0.1, -0.05) is 13.3 Å². The summed E-state index contributed by atoms with van der Waals surface area (Å²) in [6.07, 6.45) is 4.04. The minimum absolute atomic E-state index is 0.275. The molecule has 0 fully saturated rings. The predicted octanol–water partition coefficient (Wildman–Crippen LogP) is 0.495. The molecule has 0 aliphatic heterocycles. The molecule has 0 rings (SSSR count). The third-order valence-corrected chi connectivity index (χ3v) is 1.39. The Kier molecular flexibility index (Phi) is 15.4. The van der Waals surface area contributed by atoms with E-state index >= 15 is 0 Å². The molecule has 1 atom stereocenters. The van der Waals surface area contributed by atoms with Crippen LogP contribution >= 0.6 is 0 Å². The van der Waals surface area contributed by atoms with Gasteiger partial charge >= 0.3 is 0 Å². The summed E-state index contributed by atoms with van der Waals surface area (Å²) in [5, 5.41) is 15.4. The van der Waals surface area contributed by atoms with Gasteiger partial charge in [-0.25, -0.2) is 0 Å². The number of hydrogen-bond acceptors (Lipinski definition) is 3. The van der Waals surface area contributed by atoms with Gasteiger partial charge in [0.05, 0.1) is 0 Å². The van der Waals surface area contributed by atoms with Crippen molar-refractivity contribution in [2.45, 2.75) is 38.6 Å². The van der Waals surface area contributed by atoms with E-state index in [2.05, 4.69) is 6.92 Å². The van der Waals surface area contributed by atoms with Gasteiger partial charge in [0.2, 0.25) is 0 Å². The van der Waals surface area contributed by atoms with Crippen LogP contribution in [0, 0.1) is 0 Å². The highest BCUT2D eigenvalue weighted by Gasteiger charge is 1.98. The second-order valence-electron chi connectivity index (χ2n) is 2.41. The second-order valence-corrected chi connectivity index (χ2v) is 2.41. The zero-order chi connectivity index (χ0) is 9.11. The summed E-state index contributed by atoms with van der Waals surface area (Å²) < 4.78 is 0. The normalized spacial score (nSPS) is 11.7. The molecule has 0 bridgehead atoms. The standard InChI is InChI=1S/C7H17NO.CH4O/c1-2-4-7(8)5-3-6-9;1-2/h7,9H,2-6,8H2,1H3;2H,1H3. The highest BCUT2D eigenvalue weighted by atomic mass is 16.3. The summed E-state index contributed by atoms with van der Waals surface area (Å²) in [7, 11) is 1.00. The van der Waals surface area contributed by atoms with E-state index in [4.69, 9.17) is 15.9 Å². The van der Waals surface area contributed by atoms with E-state index in [9.17, 15) is 0 Å². The van der Waals surface area contributed by atoms with Crippen LogP contribution in [0.15, 0.2) is 0 Å². The van der Waals surface area contributed by atoms with Crippen molar-refractivity contribution in [2.24, 2.45) is 5.73 Å². The Morgan fingerprint density at radius 3 is 2.18 bits per heavy atom. The van der Waals surface area contributed by atoms with Crippen LogP contribution in [0.2, 0.25) is 0 Å². The lowest BCUT2D eigenvalue weighted by Crippen LogP contribution is -2.19. The maximum atomic E-state index is 8.43. The lowest BCUT2D eigenvalue weighted by molar-refractivity contribution is 0.278. The van der Waals surface area contributed by atoms with Crippen LogP contribution < -0.4 is 5.73 Å². The lowest BCUT2D eigenvalue weighted by Gasteiger charge is -2.07. The minimum Gasteiger partial charge on any atom is -0.400 e. The molecule has 0 aliphatic rings. The number of hydrogen-bond donors (Lipinski definition) is 3. The Bertz CT molecular complexity index is 60.1. The highest BCUT2D eigenvalue weighted by molar-refractivity contribution is 4.58. The molecular weight excluding hydrogens is 142 g/mol. The number of nitrogens with two attached hydrogens (primary N) is 1. The molecule has 0 aliphatic carbocycles. The van der Waals surface area contributed by atoms with Crippen LogP contribution in [-0.4, -0.2) is 30.0 Å². The largest absolute Gasteiger partial charge is 0.400 e. The monoisotopic (exact) mass is 163 g/mol. The first-order valence-corrected chi connectivity index (χ1v) is 4.12. The Morgan fingerprint density at radius 1 is 1.27 bits per heavy atom. The number of aliphatic hydroxyl groups excluding tert-OH is 2. The number of rotatable bonds is 5. The first-order valence-electron chi connectivity index (χ1n) is 4.12. The first kappa shape index (κ1) is 13.5. The van der Waals surface area contributed by atoms with Crippen LogP contribution in [0.25, 0.3) is 0 Å². The predicted molar refractivity (Wildman–Crippen MR) is 47.3 cm³/mol. The van der Waals surface area contributed by atoms with Crippen molar-refractivity contribution in [2.75, 3.05) is 13.7 Å². The van der Waals surface area contributed by atoms with Crippen molar-refractivity contribution >= 4 is 0 Å². The Hall–Kier alpha value is -0.120. The Labute approximate surface area is 69.2 Å². The molecule has 0 radical (unpaired) electrons. The third kappa shape index (κ3) is 13.0. The van der Waals surface area contributed by atoms with Gasteiger partial charge in [0.25, 0.3) is 0 Å². The molecule has 0 aromatic rings. The molecule has 1 unspecified atom stereocenters. The van der Waals surface area contributed by atoms with Gasteiger partial charge in [0, 0.05) is 19.8 Å².